The van der Waals surface area contributed by atoms with E-state index in [2.05, 4.69) is 15.1 Å². The number of aromatic nitrogens is 3. The van der Waals surface area contributed by atoms with Crippen LogP contribution in [0.1, 0.15) is 18.2 Å². The molecule has 1 unspecified atom stereocenters. The van der Waals surface area contributed by atoms with E-state index in [-0.39, 0.29) is 24.0 Å². The molecule has 0 bridgehead atoms. The Bertz CT molecular complexity index is 945. The molecule has 1 saturated heterocycles. The van der Waals surface area contributed by atoms with E-state index in [1.165, 1.54) is 24.1 Å². The highest BCUT2D eigenvalue weighted by Crippen LogP contribution is 2.33. The molecule has 1 aliphatic rings. The van der Waals surface area contributed by atoms with Gasteiger partial charge in [-0.1, -0.05) is 11.2 Å². The monoisotopic (exact) mass is 354 g/mol. The number of methoxy groups -OCH3 is 1. The van der Waals surface area contributed by atoms with Gasteiger partial charge in [-0.15, -0.1) is 0 Å². The number of ether oxygens (including phenoxy) is 1. The first-order valence-corrected chi connectivity index (χ1v) is 8.04. The van der Waals surface area contributed by atoms with E-state index in [1.54, 1.807) is 24.4 Å². The molecule has 3 aromatic rings. The number of carbonyl (C=O) groups is 1. The molecule has 1 atom stereocenters. The summed E-state index contributed by atoms with van der Waals surface area (Å²) in [5.41, 5.74) is 1.07. The lowest BCUT2D eigenvalue weighted by Gasteiger charge is -2.16. The molecule has 0 spiro atoms. The van der Waals surface area contributed by atoms with Crippen molar-refractivity contribution >= 4 is 11.6 Å². The molecule has 132 valence electrons. The number of nitrogens with zero attached hydrogens (tertiary/aromatic N) is 4. The summed E-state index contributed by atoms with van der Waals surface area (Å²) in [6, 6.07) is 9.84. The highest BCUT2D eigenvalue weighted by molar-refractivity contribution is 5.96. The van der Waals surface area contributed by atoms with Crippen molar-refractivity contribution in [3.63, 3.8) is 0 Å². The Hall–Kier alpha value is -3.29. The molecule has 0 aliphatic carbocycles. The summed E-state index contributed by atoms with van der Waals surface area (Å²) in [6.45, 7) is 0.342. The molecule has 1 aliphatic heterocycles. The lowest BCUT2D eigenvalue weighted by molar-refractivity contribution is -0.117. The average molecular weight is 354 g/mol. The third-order valence-corrected chi connectivity index (χ3v) is 4.26. The van der Waals surface area contributed by atoms with Gasteiger partial charge in [-0.05, 0) is 24.3 Å². The van der Waals surface area contributed by atoms with E-state index in [0.29, 0.717) is 29.6 Å². The summed E-state index contributed by atoms with van der Waals surface area (Å²) >= 11 is 0. The van der Waals surface area contributed by atoms with Crippen LogP contribution in [-0.4, -0.2) is 34.7 Å². The van der Waals surface area contributed by atoms with Gasteiger partial charge in [-0.25, -0.2) is 4.39 Å². The van der Waals surface area contributed by atoms with Gasteiger partial charge in [0.1, 0.15) is 5.69 Å². The van der Waals surface area contributed by atoms with E-state index in [4.69, 9.17) is 9.26 Å². The Balaban J connectivity index is 1.55. The first kappa shape index (κ1) is 16.2. The van der Waals surface area contributed by atoms with Crippen molar-refractivity contribution < 1.29 is 18.4 Å². The third-order valence-electron chi connectivity index (χ3n) is 4.26. The molecular formula is C18H15FN4O3. The van der Waals surface area contributed by atoms with Crippen LogP contribution in [-0.2, 0) is 4.79 Å². The zero-order chi connectivity index (χ0) is 18.1. The van der Waals surface area contributed by atoms with Crippen molar-refractivity contribution in [1.29, 1.82) is 0 Å². The first-order valence-electron chi connectivity index (χ1n) is 8.04. The first-order chi connectivity index (χ1) is 12.7. The predicted molar refractivity (Wildman–Crippen MR) is 90.2 cm³/mol. The zero-order valence-corrected chi connectivity index (χ0v) is 13.9. The normalized spacial score (nSPS) is 16.9. The average Bonchev–Trinajstić information content (AvgIpc) is 3.29. The van der Waals surface area contributed by atoms with Gasteiger partial charge in [-0.3, -0.25) is 9.78 Å². The van der Waals surface area contributed by atoms with Crippen LogP contribution in [0.2, 0.25) is 0 Å². The van der Waals surface area contributed by atoms with Crippen LogP contribution in [0.3, 0.4) is 0 Å². The lowest BCUT2D eigenvalue weighted by Crippen LogP contribution is -2.24. The van der Waals surface area contributed by atoms with E-state index < -0.39 is 5.82 Å². The fourth-order valence-electron chi connectivity index (χ4n) is 2.95. The minimum atomic E-state index is -0.517. The standard InChI is InChI=1S/C18H15FN4O3/c1-25-15-6-5-12(9-13(15)19)23-10-11(8-16(23)24)18-21-17(22-26-18)14-4-2-3-7-20-14/h2-7,9,11H,8,10H2,1H3. The second-order valence-electron chi connectivity index (χ2n) is 5.90. The molecule has 26 heavy (non-hydrogen) atoms. The number of hydrogen-bond acceptors (Lipinski definition) is 6. The van der Waals surface area contributed by atoms with E-state index >= 15 is 0 Å². The number of carbonyl (C=O) groups excluding carboxylic acids is 1. The molecule has 0 radical (unpaired) electrons. The fraction of sp³-hybridized carbons (Fsp3) is 0.222. The zero-order valence-electron chi connectivity index (χ0n) is 13.9. The summed E-state index contributed by atoms with van der Waals surface area (Å²) in [5.74, 6) is -0.0161. The molecule has 0 N–H and O–H groups in total. The summed E-state index contributed by atoms with van der Waals surface area (Å²) in [7, 11) is 1.39. The highest BCUT2D eigenvalue weighted by atomic mass is 19.1. The van der Waals surface area contributed by atoms with Crippen molar-refractivity contribution in [2.75, 3.05) is 18.6 Å². The molecule has 1 amide bonds. The van der Waals surface area contributed by atoms with Gasteiger partial charge in [0.15, 0.2) is 11.6 Å². The van der Waals surface area contributed by atoms with E-state index in [9.17, 15) is 9.18 Å². The summed E-state index contributed by atoms with van der Waals surface area (Å²) in [4.78, 5) is 22.4. The number of anilines is 1. The van der Waals surface area contributed by atoms with Gasteiger partial charge >= 0.3 is 0 Å². The van der Waals surface area contributed by atoms with Crippen LogP contribution >= 0.6 is 0 Å². The van der Waals surface area contributed by atoms with Crippen molar-refractivity contribution in [1.82, 2.24) is 15.1 Å². The van der Waals surface area contributed by atoms with Gasteiger partial charge in [0.05, 0.1) is 13.0 Å². The summed E-state index contributed by atoms with van der Waals surface area (Å²) in [5, 5.41) is 3.94. The maximum Gasteiger partial charge on any atom is 0.232 e. The van der Waals surface area contributed by atoms with Crippen LogP contribution in [0.25, 0.3) is 11.5 Å². The minimum Gasteiger partial charge on any atom is -0.494 e. The maximum absolute atomic E-state index is 13.9. The van der Waals surface area contributed by atoms with Crippen LogP contribution in [0.15, 0.2) is 47.1 Å². The topological polar surface area (TPSA) is 81.3 Å². The largest absolute Gasteiger partial charge is 0.494 e. The molecule has 1 aromatic carbocycles. The number of halogens is 1. The molecule has 7 nitrogen and oxygen atoms in total. The molecule has 1 fully saturated rings. The minimum absolute atomic E-state index is 0.128. The van der Waals surface area contributed by atoms with Crippen LogP contribution < -0.4 is 9.64 Å². The van der Waals surface area contributed by atoms with Crippen molar-refractivity contribution in [3.8, 4) is 17.3 Å². The predicted octanol–water partition coefficient (Wildman–Crippen LogP) is 2.80. The van der Waals surface area contributed by atoms with Crippen molar-refractivity contribution in [3.05, 3.63) is 54.3 Å². The van der Waals surface area contributed by atoms with Gasteiger partial charge in [-0.2, -0.15) is 4.98 Å². The Morgan fingerprint density at radius 3 is 2.92 bits per heavy atom. The van der Waals surface area contributed by atoms with Crippen molar-refractivity contribution in [2.24, 2.45) is 0 Å². The van der Waals surface area contributed by atoms with E-state index in [1.807, 2.05) is 6.07 Å². The van der Waals surface area contributed by atoms with Crippen molar-refractivity contribution in [2.45, 2.75) is 12.3 Å². The van der Waals surface area contributed by atoms with Crippen LogP contribution in [0.4, 0.5) is 10.1 Å². The number of amides is 1. The molecule has 0 saturated carbocycles. The van der Waals surface area contributed by atoms with Crippen LogP contribution in [0.5, 0.6) is 5.75 Å². The summed E-state index contributed by atoms with van der Waals surface area (Å²) in [6.07, 6.45) is 1.86. The third kappa shape index (κ3) is 2.90. The maximum atomic E-state index is 13.9. The van der Waals surface area contributed by atoms with Crippen LogP contribution in [0, 0.1) is 5.82 Å². The quantitative estimate of drug-likeness (QED) is 0.717. The van der Waals surface area contributed by atoms with E-state index in [0.717, 1.165) is 0 Å². The fourth-order valence-corrected chi connectivity index (χ4v) is 2.95. The highest BCUT2D eigenvalue weighted by Gasteiger charge is 2.35. The molecular weight excluding hydrogens is 339 g/mol. The molecule has 8 heteroatoms. The molecule has 4 rings (SSSR count). The van der Waals surface area contributed by atoms with Gasteiger partial charge in [0.25, 0.3) is 0 Å². The second-order valence-corrected chi connectivity index (χ2v) is 5.90. The SMILES string of the molecule is COc1ccc(N2CC(c3nc(-c4ccccn4)no3)CC2=O)cc1F. The van der Waals surface area contributed by atoms with Gasteiger partial charge in [0.2, 0.25) is 17.6 Å². The second kappa shape index (κ2) is 6.55. The number of pyridine rings is 1. The van der Waals surface area contributed by atoms with Gasteiger partial charge < -0.3 is 14.2 Å². The Kier molecular flexibility index (Phi) is 4.08. The Labute approximate surface area is 148 Å². The molecule has 3 heterocycles. The number of hydrogen-bond donors (Lipinski definition) is 0. The number of rotatable bonds is 4. The Morgan fingerprint density at radius 2 is 2.19 bits per heavy atom. The number of benzene rings is 1. The molecule has 2 aromatic heterocycles. The lowest BCUT2D eigenvalue weighted by atomic mass is 10.1. The summed E-state index contributed by atoms with van der Waals surface area (Å²) < 4.78 is 24.2. The van der Waals surface area contributed by atoms with Gasteiger partial charge in [0, 0.05) is 30.9 Å². The Morgan fingerprint density at radius 1 is 1.31 bits per heavy atom. The smallest absolute Gasteiger partial charge is 0.232 e.